The minimum Gasteiger partial charge on any atom is -0.495 e. The van der Waals surface area contributed by atoms with Gasteiger partial charge >= 0.3 is 0 Å². The van der Waals surface area contributed by atoms with Crippen molar-refractivity contribution in [3.05, 3.63) is 78.1 Å². The van der Waals surface area contributed by atoms with Crippen LogP contribution in [0, 0.1) is 13.8 Å². The summed E-state index contributed by atoms with van der Waals surface area (Å²) in [7, 11) is -2.49. The molecular weight excluding hydrogens is 402 g/mol. The van der Waals surface area contributed by atoms with E-state index in [1.807, 2.05) is 19.9 Å². The number of aryl methyl sites for hydroxylation is 2. The number of hydrogen-bond donors (Lipinski definition) is 1. The summed E-state index contributed by atoms with van der Waals surface area (Å²) in [5.74, 6) is -0.00195. The van der Waals surface area contributed by atoms with Crippen molar-refractivity contribution >= 4 is 27.3 Å². The Morgan fingerprint density at radius 3 is 2.40 bits per heavy atom. The number of benzene rings is 2. The van der Waals surface area contributed by atoms with Crippen LogP contribution in [0.5, 0.6) is 5.75 Å². The lowest BCUT2D eigenvalue weighted by molar-refractivity contribution is -0.114. The van der Waals surface area contributed by atoms with Crippen LogP contribution >= 0.6 is 0 Å². The average Bonchev–Trinajstić information content (AvgIpc) is 2.73. The number of rotatable bonds is 7. The van der Waals surface area contributed by atoms with E-state index in [2.05, 4.69) is 10.3 Å². The second kappa shape index (κ2) is 8.96. The van der Waals surface area contributed by atoms with Gasteiger partial charge in [-0.15, -0.1) is 0 Å². The molecule has 156 valence electrons. The van der Waals surface area contributed by atoms with Crippen molar-refractivity contribution < 1.29 is 17.9 Å². The van der Waals surface area contributed by atoms with Crippen molar-refractivity contribution in [3.63, 3.8) is 0 Å². The van der Waals surface area contributed by atoms with Gasteiger partial charge in [-0.3, -0.25) is 14.1 Å². The molecule has 0 aliphatic carbocycles. The van der Waals surface area contributed by atoms with Crippen LogP contribution < -0.4 is 14.4 Å². The van der Waals surface area contributed by atoms with Gasteiger partial charge in [0.1, 0.15) is 17.2 Å². The molecule has 3 aromatic rings. The number of ether oxygens (including phenoxy) is 1. The van der Waals surface area contributed by atoms with Crippen LogP contribution in [0.15, 0.2) is 71.9 Å². The van der Waals surface area contributed by atoms with E-state index in [4.69, 9.17) is 4.74 Å². The Bertz CT molecular complexity index is 1130. The van der Waals surface area contributed by atoms with Crippen molar-refractivity contribution in [1.29, 1.82) is 0 Å². The minimum atomic E-state index is -4.00. The predicted octanol–water partition coefficient (Wildman–Crippen LogP) is 3.54. The molecule has 0 atom stereocenters. The van der Waals surface area contributed by atoms with Gasteiger partial charge in [0.15, 0.2) is 0 Å². The first kappa shape index (κ1) is 21.3. The van der Waals surface area contributed by atoms with Crippen molar-refractivity contribution in [2.45, 2.75) is 18.7 Å². The summed E-state index contributed by atoms with van der Waals surface area (Å²) in [5, 5.41) is 2.75. The second-order valence-electron chi connectivity index (χ2n) is 6.79. The molecule has 1 aromatic heterocycles. The molecule has 0 fully saturated rings. The fourth-order valence-electron chi connectivity index (χ4n) is 2.89. The van der Waals surface area contributed by atoms with Crippen LogP contribution in [-0.2, 0) is 14.8 Å². The third-order valence-electron chi connectivity index (χ3n) is 4.46. The number of pyridine rings is 1. The molecule has 0 unspecified atom stereocenters. The third kappa shape index (κ3) is 4.77. The molecule has 1 heterocycles. The Morgan fingerprint density at radius 2 is 1.77 bits per heavy atom. The van der Waals surface area contributed by atoms with Crippen LogP contribution in [0.4, 0.5) is 11.4 Å². The van der Waals surface area contributed by atoms with E-state index in [0.717, 1.165) is 15.4 Å². The van der Waals surface area contributed by atoms with E-state index in [1.54, 1.807) is 36.4 Å². The predicted molar refractivity (Wildman–Crippen MR) is 116 cm³/mol. The molecule has 0 aliphatic heterocycles. The zero-order valence-corrected chi connectivity index (χ0v) is 17.8. The van der Waals surface area contributed by atoms with E-state index >= 15 is 0 Å². The number of aromatic nitrogens is 1. The van der Waals surface area contributed by atoms with E-state index in [9.17, 15) is 13.2 Å². The Kier molecular flexibility index (Phi) is 6.37. The van der Waals surface area contributed by atoms with Gasteiger partial charge < -0.3 is 10.1 Å². The lowest BCUT2D eigenvalue weighted by Crippen LogP contribution is -2.38. The summed E-state index contributed by atoms with van der Waals surface area (Å²) >= 11 is 0. The molecule has 0 radical (unpaired) electrons. The monoisotopic (exact) mass is 425 g/mol. The van der Waals surface area contributed by atoms with Crippen molar-refractivity contribution in [2.75, 3.05) is 23.3 Å². The zero-order valence-electron chi connectivity index (χ0n) is 17.0. The lowest BCUT2D eigenvalue weighted by atomic mass is 10.2. The molecule has 30 heavy (non-hydrogen) atoms. The number of amides is 1. The van der Waals surface area contributed by atoms with Gasteiger partial charge in [-0.05, 0) is 55.8 Å². The molecule has 0 bridgehead atoms. The summed E-state index contributed by atoms with van der Waals surface area (Å²) in [6, 6.07) is 15.3. The van der Waals surface area contributed by atoms with Crippen molar-refractivity contribution in [3.8, 4) is 5.75 Å². The summed E-state index contributed by atoms with van der Waals surface area (Å²) in [5.41, 5.74) is 2.77. The van der Waals surface area contributed by atoms with Crippen molar-refractivity contribution in [1.82, 2.24) is 4.98 Å². The maximum Gasteiger partial charge on any atom is 0.266 e. The molecule has 1 amide bonds. The van der Waals surface area contributed by atoms with E-state index in [0.29, 0.717) is 17.1 Å². The first-order valence-corrected chi connectivity index (χ1v) is 10.7. The third-order valence-corrected chi connectivity index (χ3v) is 6.22. The quantitative estimate of drug-likeness (QED) is 0.625. The highest BCUT2D eigenvalue weighted by atomic mass is 32.2. The van der Waals surface area contributed by atoms with Gasteiger partial charge in [0.05, 0.1) is 18.5 Å². The van der Waals surface area contributed by atoms with Crippen LogP contribution in [-0.4, -0.2) is 33.0 Å². The molecular formula is C22H23N3O4S. The number of sulfonamides is 1. The normalized spacial score (nSPS) is 11.0. The Morgan fingerprint density at radius 1 is 1.07 bits per heavy atom. The molecule has 0 aliphatic rings. The highest BCUT2D eigenvalue weighted by molar-refractivity contribution is 7.92. The van der Waals surface area contributed by atoms with Gasteiger partial charge in [-0.1, -0.05) is 23.8 Å². The Hall–Kier alpha value is -3.39. The first-order valence-electron chi connectivity index (χ1n) is 9.25. The molecule has 1 N–H and O–H groups in total. The van der Waals surface area contributed by atoms with E-state index in [1.165, 1.54) is 31.6 Å². The van der Waals surface area contributed by atoms with Crippen LogP contribution in [0.3, 0.4) is 0 Å². The molecule has 2 aromatic carbocycles. The molecule has 0 saturated heterocycles. The number of anilines is 2. The Balaban J connectivity index is 1.94. The minimum absolute atomic E-state index is 0.00603. The van der Waals surface area contributed by atoms with Crippen LogP contribution in [0.25, 0.3) is 0 Å². The maximum atomic E-state index is 13.3. The number of hydrogen-bond acceptors (Lipinski definition) is 5. The van der Waals surface area contributed by atoms with Crippen LogP contribution in [0.1, 0.15) is 11.1 Å². The number of carbonyl (C=O) groups is 1. The van der Waals surface area contributed by atoms with Gasteiger partial charge in [0, 0.05) is 12.4 Å². The SMILES string of the molecule is COc1ccc(C)cc1NC(=O)CN(c1ccc(C)cc1)S(=O)(=O)c1cccnc1. The lowest BCUT2D eigenvalue weighted by Gasteiger charge is -2.24. The van der Waals surface area contributed by atoms with Gasteiger partial charge in [-0.2, -0.15) is 0 Å². The van der Waals surface area contributed by atoms with E-state index < -0.39 is 22.5 Å². The zero-order chi connectivity index (χ0) is 21.7. The van der Waals surface area contributed by atoms with Gasteiger partial charge in [0.2, 0.25) is 5.91 Å². The van der Waals surface area contributed by atoms with E-state index in [-0.39, 0.29) is 4.90 Å². The largest absolute Gasteiger partial charge is 0.495 e. The summed E-state index contributed by atoms with van der Waals surface area (Å²) in [4.78, 5) is 16.7. The summed E-state index contributed by atoms with van der Waals surface area (Å²) in [6.07, 6.45) is 2.75. The number of carbonyl (C=O) groups excluding carboxylic acids is 1. The fourth-order valence-corrected chi connectivity index (χ4v) is 4.28. The van der Waals surface area contributed by atoms with Gasteiger partial charge in [0.25, 0.3) is 10.0 Å². The topological polar surface area (TPSA) is 88.6 Å². The number of nitrogens with one attached hydrogen (secondary N) is 1. The number of methoxy groups -OCH3 is 1. The van der Waals surface area contributed by atoms with Crippen LogP contribution in [0.2, 0.25) is 0 Å². The Labute approximate surface area is 176 Å². The molecule has 0 saturated carbocycles. The summed E-state index contributed by atoms with van der Waals surface area (Å²) < 4.78 is 32.9. The fraction of sp³-hybridized carbons (Fsp3) is 0.182. The smallest absolute Gasteiger partial charge is 0.266 e. The summed E-state index contributed by atoms with van der Waals surface area (Å²) in [6.45, 7) is 3.39. The standard InChI is InChI=1S/C22H23N3O4S/c1-16-6-9-18(10-7-16)25(30(27,28)19-5-4-12-23-14-19)15-22(26)24-20-13-17(2)8-11-21(20)29-3/h4-14H,15H2,1-3H3,(H,24,26). The molecule has 8 heteroatoms. The molecule has 7 nitrogen and oxygen atoms in total. The first-order chi connectivity index (χ1) is 14.3. The highest BCUT2D eigenvalue weighted by Crippen LogP contribution is 2.27. The molecule has 3 rings (SSSR count). The average molecular weight is 426 g/mol. The second-order valence-corrected chi connectivity index (χ2v) is 8.65. The number of nitrogens with zero attached hydrogens (tertiary/aromatic N) is 2. The maximum absolute atomic E-state index is 13.3. The van der Waals surface area contributed by atoms with Crippen molar-refractivity contribution in [2.24, 2.45) is 0 Å². The highest BCUT2D eigenvalue weighted by Gasteiger charge is 2.27. The molecule has 0 spiro atoms. The van der Waals surface area contributed by atoms with Gasteiger partial charge in [-0.25, -0.2) is 8.42 Å².